The van der Waals surface area contributed by atoms with E-state index in [9.17, 15) is 9.18 Å². The van der Waals surface area contributed by atoms with Crippen LogP contribution in [-0.2, 0) is 13.0 Å². The Hall–Kier alpha value is -2.11. The lowest BCUT2D eigenvalue weighted by atomic mass is 9.84. The summed E-state index contributed by atoms with van der Waals surface area (Å²) < 4.78 is 25.3. The lowest BCUT2D eigenvalue weighted by Gasteiger charge is -2.34. The van der Waals surface area contributed by atoms with E-state index in [1.807, 2.05) is 6.07 Å². The first-order valence-corrected chi connectivity index (χ1v) is 10.8. The van der Waals surface area contributed by atoms with Gasteiger partial charge in [-0.05, 0) is 49.9 Å². The number of methoxy groups -OCH3 is 2. The Morgan fingerprint density at radius 1 is 1.17 bits per heavy atom. The molecule has 1 saturated heterocycles. The molecule has 1 atom stereocenters. The van der Waals surface area contributed by atoms with Gasteiger partial charge in [-0.25, -0.2) is 4.39 Å². The maximum atomic E-state index is 15.0. The van der Waals surface area contributed by atoms with Crippen molar-refractivity contribution in [1.82, 2.24) is 4.90 Å². The summed E-state index contributed by atoms with van der Waals surface area (Å²) in [4.78, 5) is 14.5. The molecule has 0 bridgehead atoms. The van der Waals surface area contributed by atoms with Crippen molar-refractivity contribution in [3.63, 3.8) is 0 Å². The molecule has 6 heteroatoms. The van der Waals surface area contributed by atoms with Crippen LogP contribution in [0.25, 0.3) is 0 Å². The third-order valence-corrected chi connectivity index (χ3v) is 6.85. The molecule has 4 nitrogen and oxygen atoms in total. The van der Waals surface area contributed by atoms with Gasteiger partial charge in [-0.2, -0.15) is 0 Å². The molecule has 0 amide bonds. The van der Waals surface area contributed by atoms with Crippen molar-refractivity contribution in [3.8, 4) is 11.5 Å². The van der Waals surface area contributed by atoms with Gasteiger partial charge in [0.1, 0.15) is 4.87 Å². The summed E-state index contributed by atoms with van der Waals surface area (Å²) in [5, 5.41) is 0. The molecule has 30 heavy (non-hydrogen) atoms. The average Bonchev–Trinajstić information content (AvgIpc) is 3.01. The van der Waals surface area contributed by atoms with Crippen LogP contribution in [0.15, 0.2) is 36.4 Å². The van der Waals surface area contributed by atoms with E-state index < -0.39 is 10.7 Å². The third kappa shape index (κ3) is 3.93. The number of fused-ring (bicyclic) bond motifs is 1. The number of hydrogen-bond donors (Lipinski definition) is 0. The van der Waals surface area contributed by atoms with Crippen molar-refractivity contribution in [3.05, 3.63) is 58.9 Å². The smallest absolute Gasteiger partial charge is 0.197 e. The molecule has 1 heterocycles. The van der Waals surface area contributed by atoms with Gasteiger partial charge < -0.3 is 9.47 Å². The Bertz CT molecular complexity index is 928. The van der Waals surface area contributed by atoms with Gasteiger partial charge in [0.05, 0.1) is 14.2 Å². The van der Waals surface area contributed by atoms with Crippen LogP contribution in [0, 0.1) is 11.7 Å². The Morgan fingerprint density at radius 2 is 1.87 bits per heavy atom. The maximum absolute atomic E-state index is 15.0. The highest BCUT2D eigenvalue weighted by molar-refractivity contribution is 6.39. The quantitative estimate of drug-likeness (QED) is 0.612. The molecule has 2 aromatic rings. The number of nitrogens with zero attached hydrogens (tertiary/aromatic N) is 1. The number of halogens is 2. The van der Waals surface area contributed by atoms with E-state index in [1.165, 1.54) is 19.8 Å². The number of piperidine rings is 1. The van der Waals surface area contributed by atoms with Gasteiger partial charge in [0.25, 0.3) is 0 Å². The van der Waals surface area contributed by atoms with Crippen molar-refractivity contribution < 1.29 is 18.7 Å². The second-order valence-corrected chi connectivity index (χ2v) is 9.06. The SMILES string of the molecule is COc1cc2c(c(F)c1OC)CC(Cl)(CC1CCN(Cc3ccccc3)CC1)C2=O. The highest BCUT2D eigenvalue weighted by Crippen LogP contribution is 2.46. The molecule has 160 valence electrons. The van der Waals surface area contributed by atoms with E-state index in [1.54, 1.807) is 6.07 Å². The van der Waals surface area contributed by atoms with Gasteiger partial charge in [-0.3, -0.25) is 9.69 Å². The molecule has 2 aliphatic rings. The maximum Gasteiger partial charge on any atom is 0.197 e. The molecule has 0 aromatic heterocycles. The fourth-order valence-corrected chi connectivity index (χ4v) is 5.23. The number of ketones is 1. The van der Waals surface area contributed by atoms with Gasteiger partial charge in [0.2, 0.25) is 0 Å². The molecule has 2 aromatic carbocycles. The highest BCUT2D eigenvalue weighted by Gasteiger charge is 2.47. The monoisotopic (exact) mass is 431 g/mol. The number of rotatable bonds is 6. The predicted molar refractivity (Wildman–Crippen MR) is 115 cm³/mol. The van der Waals surface area contributed by atoms with E-state index in [4.69, 9.17) is 21.1 Å². The number of benzene rings is 2. The van der Waals surface area contributed by atoms with E-state index >= 15 is 0 Å². The van der Waals surface area contributed by atoms with Crippen LogP contribution in [0.2, 0.25) is 0 Å². The summed E-state index contributed by atoms with van der Waals surface area (Å²) >= 11 is 6.84. The fraction of sp³-hybridized carbons (Fsp3) is 0.458. The first-order chi connectivity index (χ1) is 14.4. The zero-order valence-corrected chi connectivity index (χ0v) is 18.2. The standard InChI is InChI=1S/C24H27ClFNO3/c1-29-20-12-18-19(21(26)22(20)30-2)14-24(25,23(18)28)13-16-8-10-27(11-9-16)15-17-6-4-3-5-7-17/h3-7,12,16H,8-11,13-15H2,1-2H3. The Kier molecular flexibility index (Phi) is 6.03. The zero-order chi connectivity index (χ0) is 21.3. The van der Waals surface area contributed by atoms with Crippen LogP contribution in [0.4, 0.5) is 4.39 Å². The molecule has 1 unspecified atom stereocenters. The van der Waals surface area contributed by atoms with Crippen molar-refractivity contribution >= 4 is 17.4 Å². The summed E-state index contributed by atoms with van der Waals surface area (Å²) in [5.41, 5.74) is 1.97. The summed E-state index contributed by atoms with van der Waals surface area (Å²) in [6, 6.07) is 12.0. The largest absolute Gasteiger partial charge is 0.493 e. The predicted octanol–water partition coefficient (Wildman–Crippen LogP) is 4.86. The summed E-state index contributed by atoms with van der Waals surface area (Å²) in [5.74, 6) is -0.151. The van der Waals surface area contributed by atoms with Crippen molar-refractivity contribution in [2.24, 2.45) is 5.92 Å². The topological polar surface area (TPSA) is 38.8 Å². The Labute approximate surface area is 181 Å². The van der Waals surface area contributed by atoms with Gasteiger partial charge in [-0.1, -0.05) is 30.3 Å². The lowest BCUT2D eigenvalue weighted by molar-refractivity contribution is 0.0919. The number of likely N-dealkylation sites (tertiary alicyclic amines) is 1. The highest BCUT2D eigenvalue weighted by atomic mass is 35.5. The molecule has 0 radical (unpaired) electrons. The third-order valence-electron chi connectivity index (χ3n) is 6.39. The van der Waals surface area contributed by atoms with Crippen LogP contribution < -0.4 is 9.47 Å². The van der Waals surface area contributed by atoms with Gasteiger partial charge in [0.15, 0.2) is 23.1 Å². The second-order valence-electron chi connectivity index (χ2n) is 8.33. The number of alkyl halides is 1. The van der Waals surface area contributed by atoms with Crippen LogP contribution >= 0.6 is 11.6 Å². The van der Waals surface area contributed by atoms with Crippen molar-refractivity contribution in [1.29, 1.82) is 0 Å². The minimum Gasteiger partial charge on any atom is -0.493 e. The minimum absolute atomic E-state index is 0.0270. The van der Waals surface area contributed by atoms with E-state index in [-0.39, 0.29) is 23.7 Å². The molecule has 1 fully saturated rings. The second kappa shape index (κ2) is 8.56. The van der Waals surface area contributed by atoms with Crippen LogP contribution in [0.3, 0.4) is 0 Å². The van der Waals surface area contributed by atoms with Gasteiger partial charge >= 0.3 is 0 Å². The van der Waals surface area contributed by atoms with Crippen LogP contribution in [0.5, 0.6) is 11.5 Å². The summed E-state index contributed by atoms with van der Waals surface area (Å²) in [6.07, 6.45) is 2.73. The molecule has 1 aliphatic carbocycles. The van der Waals surface area contributed by atoms with Crippen molar-refractivity contribution in [2.45, 2.75) is 37.1 Å². The fourth-order valence-electron chi connectivity index (χ4n) is 4.78. The molecular weight excluding hydrogens is 405 g/mol. The summed E-state index contributed by atoms with van der Waals surface area (Å²) in [7, 11) is 2.82. The molecular formula is C24H27ClFNO3. The lowest BCUT2D eigenvalue weighted by Crippen LogP contribution is -2.38. The number of carbonyl (C=O) groups is 1. The van der Waals surface area contributed by atoms with E-state index in [0.717, 1.165) is 32.5 Å². The zero-order valence-electron chi connectivity index (χ0n) is 17.4. The molecule has 4 rings (SSSR count). The Balaban J connectivity index is 1.43. The van der Waals surface area contributed by atoms with Gasteiger partial charge in [-0.15, -0.1) is 11.6 Å². The Morgan fingerprint density at radius 3 is 2.50 bits per heavy atom. The molecule has 0 spiro atoms. The van der Waals surface area contributed by atoms with E-state index in [2.05, 4.69) is 29.2 Å². The normalized spacial score (nSPS) is 22.2. The first-order valence-electron chi connectivity index (χ1n) is 10.4. The molecule has 1 aliphatic heterocycles. The first kappa shape index (κ1) is 21.1. The average molecular weight is 432 g/mol. The minimum atomic E-state index is -1.09. The number of Topliss-reactive ketones (excluding diaryl/α,β-unsaturated/α-hetero) is 1. The number of carbonyl (C=O) groups excluding carboxylic acids is 1. The van der Waals surface area contributed by atoms with E-state index in [0.29, 0.717) is 23.5 Å². The number of hydrogen-bond acceptors (Lipinski definition) is 4. The van der Waals surface area contributed by atoms with Crippen LogP contribution in [-0.4, -0.2) is 42.9 Å². The molecule has 0 N–H and O–H groups in total. The summed E-state index contributed by atoms with van der Waals surface area (Å²) in [6.45, 7) is 2.89. The van der Waals surface area contributed by atoms with Crippen molar-refractivity contribution in [2.75, 3.05) is 27.3 Å². The number of ether oxygens (including phenoxy) is 2. The van der Waals surface area contributed by atoms with Gasteiger partial charge in [0, 0.05) is 24.1 Å². The van der Waals surface area contributed by atoms with Crippen LogP contribution in [0.1, 0.15) is 40.7 Å². The molecule has 0 saturated carbocycles.